The van der Waals surface area contributed by atoms with Crippen molar-refractivity contribution in [1.29, 1.82) is 0 Å². The molecule has 0 radical (unpaired) electrons. The SMILES string of the molecule is CCC1=NNC(c2ccccc2OC(F)(F)F)C1. The highest BCUT2D eigenvalue weighted by molar-refractivity contribution is 5.86. The Labute approximate surface area is 103 Å². The number of halogens is 3. The van der Waals surface area contributed by atoms with Crippen molar-refractivity contribution in [3.63, 3.8) is 0 Å². The first-order valence-corrected chi connectivity index (χ1v) is 5.65. The molecule has 0 bridgehead atoms. The molecular formula is C12H13F3N2O. The third-order valence-electron chi connectivity index (χ3n) is 2.75. The van der Waals surface area contributed by atoms with Crippen molar-refractivity contribution in [2.45, 2.75) is 32.2 Å². The third kappa shape index (κ3) is 2.94. The van der Waals surface area contributed by atoms with E-state index in [1.807, 2.05) is 6.92 Å². The highest BCUT2D eigenvalue weighted by atomic mass is 19.4. The minimum Gasteiger partial charge on any atom is -0.405 e. The molecule has 0 aliphatic carbocycles. The van der Waals surface area contributed by atoms with Gasteiger partial charge in [0.1, 0.15) is 5.75 Å². The summed E-state index contributed by atoms with van der Waals surface area (Å²) in [4.78, 5) is 0. The first-order chi connectivity index (χ1) is 8.49. The van der Waals surface area contributed by atoms with Crippen LogP contribution in [0.3, 0.4) is 0 Å². The number of nitrogens with zero attached hydrogens (tertiary/aromatic N) is 1. The van der Waals surface area contributed by atoms with Gasteiger partial charge >= 0.3 is 6.36 Å². The largest absolute Gasteiger partial charge is 0.573 e. The summed E-state index contributed by atoms with van der Waals surface area (Å²) in [6.45, 7) is 1.96. The topological polar surface area (TPSA) is 33.6 Å². The van der Waals surface area contributed by atoms with Crippen molar-refractivity contribution in [2.24, 2.45) is 5.10 Å². The van der Waals surface area contributed by atoms with Gasteiger partial charge in [-0.25, -0.2) is 0 Å². The third-order valence-corrected chi connectivity index (χ3v) is 2.75. The van der Waals surface area contributed by atoms with Gasteiger partial charge in [0.25, 0.3) is 0 Å². The molecule has 1 aliphatic heterocycles. The molecule has 0 spiro atoms. The molecule has 1 heterocycles. The van der Waals surface area contributed by atoms with Crippen molar-refractivity contribution in [1.82, 2.24) is 5.43 Å². The highest BCUT2D eigenvalue weighted by Crippen LogP contribution is 2.33. The zero-order chi connectivity index (χ0) is 13.2. The Morgan fingerprint density at radius 1 is 1.39 bits per heavy atom. The average Bonchev–Trinajstić information content (AvgIpc) is 2.76. The van der Waals surface area contributed by atoms with Crippen molar-refractivity contribution in [3.8, 4) is 5.75 Å². The van der Waals surface area contributed by atoms with E-state index in [1.54, 1.807) is 12.1 Å². The number of hydrazone groups is 1. The number of benzene rings is 1. The van der Waals surface area contributed by atoms with Gasteiger partial charge in [0.2, 0.25) is 0 Å². The molecule has 1 aromatic carbocycles. The van der Waals surface area contributed by atoms with Crippen LogP contribution in [0.2, 0.25) is 0 Å². The standard InChI is InChI=1S/C12H13F3N2O/c1-2-8-7-10(17-16-8)9-5-3-4-6-11(9)18-12(13,14)15/h3-6,10,17H,2,7H2,1H3. The monoisotopic (exact) mass is 258 g/mol. The Morgan fingerprint density at radius 3 is 2.72 bits per heavy atom. The van der Waals surface area contributed by atoms with E-state index in [0.717, 1.165) is 12.1 Å². The quantitative estimate of drug-likeness (QED) is 0.901. The van der Waals surface area contributed by atoms with Gasteiger partial charge in [-0.2, -0.15) is 5.10 Å². The zero-order valence-electron chi connectivity index (χ0n) is 9.79. The molecule has 0 saturated heterocycles. The average molecular weight is 258 g/mol. The highest BCUT2D eigenvalue weighted by Gasteiger charge is 2.33. The van der Waals surface area contributed by atoms with Crippen LogP contribution in [-0.4, -0.2) is 12.1 Å². The number of nitrogens with one attached hydrogen (secondary N) is 1. The maximum Gasteiger partial charge on any atom is 0.573 e. The van der Waals surface area contributed by atoms with Crippen LogP contribution in [0.5, 0.6) is 5.75 Å². The van der Waals surface area contributed by atoms with Crippen LogP contribution in [0.1, 0.15) is 31.4 Å². The molecule has 1 atom stereocenters. The van der Waals surface area contributed by atoms with Gasteiger partial charge in [-0.15, -0.1) is 13.2 Å². The fourth-order valence-electron chi connectivity index (χ4n) is 1.89. The predicted octanol–water partition coefficient (Wildman–Crippen LogP) is 3.39. The van der Waals surface area contributed by atoms with Crippen molar-refractivity contribution >= 4 is 5.71 Å². The number of alkyl halides is 3. The molecule has 6 heteroatoms. The molecule has 2 rings (SSSR count). The van der Waals surface area contributed by atoms with E-state index >= 15 is 0 Å². The number of rotatable bonds is 3. The van der Waals surface area contributed by atoms with Gasteiger partial charge in [-0.3, -0.25) is 0 Å². The van der Waals surface area contributed by atoms with Crippen molar-refractivity contribution in [2.75, 3.05) is 0 Å². The molecular weight excluding hydrogens is 245 g/mol. The predicted molar refractivity (Wildman–Crippen MR) is 61.3 cm³/mol. The molecule has 0 fully saturated rings. The molecule has 1 aromatic rings. The summed E-state index contributed by atoms with van der Waals surface area (Å²) in [5.41, 5.74) is 4.26. The maximum absolute atomic E-state index is 12.3. The van der Waals surface area contributed by atoms with E-state index < -0.39 is 6.36 Å². The molecule has 18 heavy (non-hydrogen) atoms. The Bertz CT molecular complexity index is 457. The molecule has 0 aromatic heterocycles. The Hall–Kier alpha value is -1.72. The summed E-state index contributed by atoms with van der Waals surface area (Å²) < 4.78 is 40.9. The van der Waals surface area contributed by atoms with E-state index in [4.69, 9.17) is 0 Å². The maximum atomic E-state index is 12.3. The molecule has 0 saturated carbocycles. The summed E-state index contributed by atoms with van der Waals surface area (Å²) >= 11 is 0. The van der Waals surface area contributed by atoms with Gasteiger partial charge < -0.3 is 10.2 Å². The fourth-order valence-corrected chi connectivity index (χ4v) is 1.89. The second-order valence-corrected chi connectivity index (χ2v) is 4.00. The van der Waals surface area contributed by atoms with Crippen LogP contribution in [-0.2, 0) is 0 Å². The van der Waals surface area contributed by atoms with Crippen LogP contribution >= 0.6 is 0 Å². The van der Waals surface area contributed by atoms with Crippen LogP contribution in [0.25, 0.3) is 0 Å². The van der Waals surface area contributed by atoms with Crippen LogP contribution in [0.15, 0.2) is 29.4 Å². The van der Waals surface area contributed by atoms with Gasteiger partial charge in [0, 0.05) is 17.7 Å². The van der Waals surface area contributed by atoms with Crippen LogP contribution in [0.4, 0.5) is 13.2 Å². The summed E-state index contributed by atoms with van der Waals surface area (Å²) in [5, 5.41) is 4.08. The van der Waals surface area contributed by atoms with Gasteiger partial charge in [0.05, 0.1) is 6.04 Å². The number of hydrogen-bond acceptors (Lipinski definition) is 3. The van der Waals surface area contributed by atoms with Gasteiger partial charge in [-0.1, -0.05) is 25.1 Å². The number of ether oxygens (including phenoxy) is 1. The minimum atomic E-state index is -4.68. The van der Waals surface area contributed by atoms with E-state index in [1.165, 1.54) is 12.1 Å². The number of para-hydroxylation sites is 1. The van der Waals surface area contributed by atoms with Gasteiger partial charge in [-0.05, 0) is 12.5 Å². The molecule has 3 nitrogen and oxygen atoms in total. The lowest BCUT2D eigenvalue weighted by Crippen LogP contribution is -2.20. The lowest BCUT2D eigenvalue weighted by molar-refractivity contribution is -0.275. The van der Waals surface area contributed by atoms with Crippen LogP contribution in [0, 0.1) is 0 Å². The lowest BCUT2D eigenvalue weighted by Gasteiger charge is -2.17. The minimum absolute atomic E-state index is 0.171. The zero-order valence-corrected chi connectivity index (χ0v) is 9.79. The van der Waals surface area contributed by atoms with Crippen LogP contribution < -0.4 is 10.2 Å². The second kappa shape index (κ2) is 4.88. The van der Waals surface area contributed by atoms with E-state index in [0.29, 0.717) is 12.0 Å². The van der Waals surface area contributed by atoms with Crippen molar-refractivity contribution in [3.05, 3.63) is 29.8 Å². The summed E-state index contributed by atoms with van der Waals surface area (Å²) in [6, 6.07) is 5.88. The molecule has 98 valence electrons. The second-order valence-electron chi connectivity index (χ2n) is 4.00. The summed E-state index contributed by atoms with van der Waals surface area (Å²) in [5.74, 6) is -0.171. The Morgan fingerprint density at radius 2 is 2.11 bits per heavy atom. The lowest BCUT2D eigenvalue weighted by atomic mass is 10.0. The number of hydrogen-bond donors (Lipinski definition) is 1. The normalized spacial score (nSPS) is 19.3. The first-order valence-electron chi connectivity index (χ1n) is 5.65. The summed E-state index contributed by atoms with van der Waals surface area (Å²) in [6.07, 6.45) is -3.29. The Kier molecular flexibility index (Phi) is 3.45. The van der Waals surface area contributed by atoms with E-state index in [9.17, 15) is 13.2 Å². The molecule has 1 aliphatic rings. The molecule has 0 amide bonds. The fraction of sp³-hybridized carbons (Fsp3) is 0.417. The smallest absolute Gasteiger partial charge is 0.405 e. The molecule has 1 unspecified atom stereocenters. The van der Waals surface area contributed by atoms with E-state index in [2.05, 4.69) is 15.3 Å². The summed E-state index contributed by atoms with van der Waals surface area (Å²) in [7, 11) is 0. The van der Waals surface area contributed by atoms with Crippen molar-refractivity contribution < 1.29 is 17.9 Å². The Balaban J connectivity index is 2.19. The van der Waals surface area contributed by atoms with E-state index in [-0.39, 0.29) is 11.8 Å². The molecule has 1 N–H and O–H groups in total. The van der Waals surface area contributed by atoms with Gasteiger partial charge in [0.15, 0.2) is 0 Å². The first kappa shape index (κ1) is 12.7.